The van der Waals surface area contributed by atoms with Crippen LogP contribution in [0.15, 0.2) is 17.8 Å². The number of carbonyl (C=O) groups is 1. The molecular formula is C11H14N4O2S. The minimum Gasteiger partial charge on any atom is -0.476 e. The summed E-state index contributed by atoms with van der Waals surface area (Å²) in [6.07, 6.45) is 3.66. The number of hydrogen-bond acceptors (Lipinski definition) is 5. The zero-order valence-corrected chi connectivity index (χ0v) is 11.0. The van der Waals surface area contributed by atoms with Crippen LogP contribution in [0.2, 0.25) is 0 Å². The van der Waals surface area contributed by atoms with Crippen LogP contribution in [0, 0.1) is 0 Å². The maximum atomic E-state index is 10.7. The SMILES string of the molecule is CN(Cc1csc(C(=O)O)n1)Cc1nccn1C. The largest absolute Gasteiger partial charge is 0.476 e. The maximum absolute atomic E-state index is 10.7. The molecule has 2 aromatic rings. The molecule has 0 aliphatic heterocycles. The number of carboxylic acid groups (broad SMARTS) is 1. The van der Waals surface area contributed by atoms with E-state index in [1.165, 1.54) is 0 Å². The molecule has 18 heavy (non-hydrogen) atoms. The Bertz CT molecular complexity index is 549. The second-order valence-electron chi connectivity index (χ2n) is 4.08. The third-order valence-electron chi connectivity index (χ3n) is 2.50. The molecule has 2 heterocycles. The summed E-state index contributed by atoms with van der Waals surface area (Å²) in [6.45, 7) is 1.31. The Morgan fingerprint density at radius 3 is 2.89 bits per heavy atom. The molecule has 7 heteroatoms. The minimum absolute atomic E-state index is 0.135. The lowest BCUT2D eigenvalue weighted by atomic mass is 10.4. The first-order valence-corrected chi connectivity index (χ1v) is 6.26. The highest BCUT2D eigenvalue weighted by Gasteiger charge is 2.11. The highest BCUT2D eigenvalue weighted by molar-refractivity contribution is 7.11. The molecule has 0 radical (unpaired) electrons. The van der Waals surface area contributed by atoms with Crippen molar-refractivity contribution in [2.75, 3.05) is 7.05 Å². The van der Waals surface area contributed by atoms with Gasteiger partial charge in [-0.1, -0.05) is 0 Å². The van der Waals surface area contributed by atoms with Gasteiger partial charge in [-0.2, -0.15) is 0 Å². The first kappa shape index (κ1) is 12.7. The zero-order valence-electron chi connectivity index (χ0n) is 10.2. The van der Waals surface area contributed by atoms with E-state index in [4.69, 9.17) is 5.11 Å². The molecule has 0 aliphatic rings. The Morgan fingerprint density at radius 2 is 2.33 bits per heavy atom. The van der Waals surface area contributed by atoms with Crippen molar-refractivity contribution in [3.8, 4) is 0 Å². The van der Waals surface area contributed by atoms with Gasteiger partial charge in [-0.15, -0.1) is 11.3 Å². The molecule has 0 unspecified atom stereocenters. The van der Waals surface area contributed by atoms with Crippen molar-refractivity contribution in [2.24, 2.45) is 7.05 Å². The van der Waals surface area contributed by atoms with E-state index in [1.54, 1.807) is 11.6 Å². The molecule has 0 aromatic carbocycles. The molecule has 6 nitrogen and oxygen atoms in total. The molecule has 0 amide bonds. The van der Waals surface area contributed by atoms with E-state index < -0.39 is 5.97 Å². The number of rotatable bonds is 5. The highest BCUT2D eigenvalue weighted by Crippen LogP contribution is 2.12. The highest BCUT2D eigenvalue weighted by atomic mass is 32.1. The average Bonchev–Trinajstić information content (AvgIpc) is 2.89. The average molecular weight is 266 g/mol. The molecule has 0 aliphatic carbocycles. The van der Waals surface area contributed by atoms with Gasteiger partial charge in [0, 0.05) is 31.4 Å². The smallest absolute Gasteiger partial charge is 0.365 e. The predicted molar refractivity (Wildman–Crippen MR) is 67.5 cm³/mol. The Balaban J connectivity index is 1.96. The normalized spacial score (nSPS) is 11.1. The Labute approximate surface area is 109 Å². The van der Waals surface area contributed by atoms with Crippen LogP contribution in [0.25, 0.3) is 0 Å². The van der Waals surface area contributed by atoms with Gasteiger partial charge in [0.25, 0.3) is 0 Å². The van der Waals surface area contributed by atoms with Crippen LogP contribution < -0.4 is 0 Å². The standard InChI is InChI=1S/C11H14N4O2S/c1-14(6-9-12-3-4-15(9)2)5-8-7-18-10(13-8)11(16)17/h3-4,7H,5-6H2,1-2H3,(H,16,17). The number of aryl methyl sites for hydroxylation is 1. The minimum atomic E-state index is -0.974. The fourth-order valence-corrected chi connectivity index (χ4v) is 2.25. The summed E-state index contributed by atoms with van der Waals surface area (Å²) in [5.74, 6) is -0.0100. The van der Waals surface area contributed by atoms with Crippen molar-refractivity contribution >= 4 is 17.3 Å². The van der Waals surface area contributed by atoms with Crippen LogP contribution in [0.3, 0.4) is 0 Å². The molecule has 0 spiro atoms. The van der Waals surface area contributed by atoms with Crippen LogP contribution >= 0.6 is 11.3 Å². The van der Waals surface area contributed by atoms with Crippen LogP contribution in [0.1, 0.15) is 21.3 Å². The van der Waals surface area contributed by atoms with E-state index in [0.29, 0.717) is 13.1 Å². The topological polar surface area (TPSA) is 71.2 Å². The van der Waals surface area contributed by atoms with E-state index in [2.05, 4.69) is 9.97 Å². The second kappa shape index (κ2) is 5.28. The van der Waals surface area contributed by atoms with E-state index in [1.807, 2.05) is 29.8 Å². The lowest BCUT2D eigenvalue weighted by Gasteiger charge is -2.14. The molecule has 1 N–H and O–H groups in total. The second-order valence-corrected chi connectivity index (χ2v) is 4.93. The van der Waals surface area contributed by atoms with E-state index in [-0.39, 0.29) is 5.01 Å². The van der Waals surface area contributed by atoms with Gasteiger partial charge in [0.05, 0.1) is 12.2 Å². The van der Waals surface area contributed by atoms with Crippen LogP contribution in [0.4, 0.5) is 0 Å². The van der Waals surface area contributed by atoms with Gasteiger partial charge in [-0.05, 0) is 7.05 Å². The number of hydrogen-bond donors (Lipinski definition) is 1. The Kier molecular flexibility index (Phi) is 3.73. The molecule has 0 atom stereocenters. The van der Waals surface area contributed by atoms with Gasteiger partial charge in [0.15, 0.2) is 0 Å². The van der Waals surface area contributed by atoms with Crippen molar-refractivity contribution in [1.29, 1.82) is 0 Å². The van der Waals surface area contributed by atoms with Gasteiger partial charge in [-0.3, -0.25) is 4.90 Å². The van der Waals surface area contributed by atoms with Crippen LogP contribution in [-0.2, 0) is 20.1 Å². The monoisotopic (exact) mass is 266 g/mol. The molecule has 0 saturated heterocycles. The Hall–Kier alpha value is -1.73. The maximum Gasteiger partial charge on any atom is 0.365 e. The third kappa shape index (κ3) is 2.93. The van der Waals surface area contributed by atoms with Gasteiger partial charge >= 0.3 is 5.97 Å². The molecule has 2 rings (SSSR count). The molecular weight excluding hydrogens is 252 g/mol. The summed E-state index contributed by atoms with van der Waals surface area (Å²) in [6, 6.07) is 0. The van der Waals surface area contributed by atoms with E-state index in [0.717, 1.165) is 22.9 Å². The fourth-order valence-electron chi connectivity index (χ4n) is 1.60. The van der Waals surface area contributed by atoms with Crippen molar-refractivity contribution in [2.45, 2.75) is 13.1 Å². The van der Waals surface area contributed by atoms with Gasteiger partial charge in [-0.25, -0.2) is 14.8 Å². The number of imidazole rings is 1. The Morgan fingerprint density at radius 1 is 1.56 bits per heavy atom. The third-order valence-corrected chi connectivity index (χ3v) is 3.38. The zero-order chi connectivity index (χ0) is 13.1. The van der Waals surface area contributed by atoms with Crippen molar-refractivity contribution < 1.29 is 9.90 Å². The lowest BCUT2D eigenvalue weighted by Crippen LogP contribution is -2.19. The summed E-state index contributed by atoms with van der Waals surface area (Å²) < 4.78 is 1.96. The number of aromatic nitrogens is 3. The lowest BCUT2D eigenvalue weighted by molar-refractivity contribution is 0.0696. The van der Waals surface area contributed by atoms with Crippen molar-refractivity contribution in [1.82, 2.24) is 19.4 Å². The van der Waals surface area contributed by atoms with Gasteiger partial charge < -0.3 is 9.67 Å². The predicted octanol–water partition coefficient (Wildman–Crippen LogP) is 1.21. The number of carboxylic acids is 1. The molecule has 2 aromatic heterocycles. The molecule has 0 saturated carbocycles. The van der Waals surface area contributed by atoms with E-state index in [9.17, 15) is 4.79 Å². The fraction of sp³-hybridized carbons (Fsp3) is 0.364. The summed E-state index contributed by atoms with van der Waals surface area (Å²) in [5.41, 5.74) is 0.772. The van der Waals surface area contributed by atoms with Gasteiger partial charge in [0.1, 0.15) is 5.82 Å². The van der Waals surface area contributed by atoms with Gasteiger partial charge in [0.2, 0.25) is 5.01 Å². The number of nitrogens with zero attached hydrogens (tertiary/aromatic N) is 4. The number of thiazole rings is 1. The summed E-state index contributed by atoms with van der Waals surface area (Å²) in [5, 5.41) is 10.7. The van der Waals surface area contributed by atoms with Crippen molar-refractivity contribution in [3.05, 3.63) is 34.3 Å². The number of aromatic carboxylic acids is 1. The summed E-state index contributed by atoms with van der Waals surface area (Å²) in [7, 11) is 3.90. The quantitative estimate of drug-likeness (QED) is 0.880. The molecule has 0 bridgehead atoms. The first-order chi connectivity index (χ1) is 8.56. The first-order valence-electron chi connectivity index (χ1n) is 5.38. The molecule has 0 fully saturated rings. The van der Waals surface area contributed by atoms with Crippen LogP contribution in [0.5, 0.6) is 0 Å². The summed E-state index contributed by atoms with van der Waals surface area (Å²) in [4.78, 5) is 21.1. The molecule has 96 valence electrons. The van der Waals surface area contributed by atoms with Crippen LogP contribution in [-0.4, -0.2) is 37.6 Å². The van der Waals surface area contributed by atoms with Crippen molar-refractivity contribution in [3.63, 3.8) is 0 Å². The summed E-state index contributed by atoms with van der Waals surface area (Å²) >= 11 is 1.15. The van der Waals surface area contributed by atoms with E-state index >= 15 is 0 Å².